The Morgan fingerprint density at radius 2 is 2.08 bits per heavy atom. The van der Waals surface area contributed by atoms with Crippen LogP contribution in [-0.2, 0) is 19.4 Å². The lowest BCUT2D eigenvalue weighted by Crippen LogP contribution is -2.44. The summed E-state index contributed by atoms with van der Waals surface area (Å²) in [5, 5.41) is 11.0. The zero-order valence-corrected chi connectivity index (χ0v) is 17.7. The molecule has 7 heteroatoms. The van der Waals surface area contributed by atoms with E-state index in [9.17, 15) is 0 Å². The molecule has 0 radical (unpaired) electrons. The van der Waals surface area contributed by atoms with E-state index in [-0.39, 0.29) is 24.0 Å². The summed E-state index contributed by atoms with van der Waals surface area (Å²) < 4.78 is 5.42. The van der Waals surface area contributed by atoms with Crippen molar-refractivity contribution in [3.05, 3.63) is 17.0 Å². The topological polar surface area (TPSA) is 65.7 Å². The van der Waals surface area contributed by atoms with E-state index in [1.807, 2.05) is 0 Å². The Balaban J connectivity index is 0.00000288. The van der Waals surface area contributed by atoms with Crippen molar-refractivity contribution in [2.45, 2.75) is 59.0 Å². The molecule has 138 valence electrons. The Hall–Kier alpha value is -0.830. The molecule has 1 atom stereocenters. The Bertz CT molecular complexity index is 496. The van der Waals surface area contributed by atoms with Crippen molar-refractivity contribution in [2.24, 2.45) is 4.99 Å². The largest absolute Gasteiger partial charge is 0.361 e. The van der Waals surface area contributed by atoms with Crippen LogP contribution < -0.4 is 10.6 Å². The number of guanidine groups is 1. The Morgan fingerprint density at radius 3 is 2.67 bits per heavy atom. The number of aromatic nitrogens is 1. The maximum absolute atomic E-state index is 5.42. The summed E-state index contributed by atoms with van der Waals surface area (Å²) in [5.74, 6) is 1.83. The minimum absolute atomic E-state index is 0. The van der Waals surface area contributed by atoms with E-state index in [1.165, 1.54) is 19.4 Å². The summed E-state index contributed by atoms with van der Waals surface area (Å²) in [6.45, 7) is 9.89. The number of nitrogens with zero attached hydrogens (tertiary/aromatic N) is 3. The molecule has 1 aliphatic heterocycles. The van der Waals surface area contributed by atoms with Crippen molar-refractivity contribution >= 4 is 29.9 Å². The summed E-state index contributed by atoms with van der Waals surface area (Å²) in [5.41, 5.74) is 2.17. The fraction of sp³-hybridized carbons (Fsp3) is 0.765. The van der Waals surface area contributed by atoms with Crippen molar-refractivity contribution in [1.29, 1.82) is 0 Å². The predicted octanol–water partition coefficient (Wildman–Crippen LogP) is 2.57. The van der Waals surface area contributed by atoms with Crippen molar-refractivity contribution < 1.29 is 4.52 Å². The van der Waals surface area contributed by atoms with E-state index in [1.54, 1.807) is 0 Å². The van der Waals surface area contributed by atoms with Gasteiger partial charge in [0.1, 0.15) is 5.76 Å². The molecule has 1 unspecified atom stereocenters. The van der Waals surface area contributed by atoms with E-state index < -0.39 is 0 Å². The smallest absolute Gasteiger partial charge is 0.191 e. The van der Waals surface area contributed by atoms with Gasteiger partial charge in [-0.1, -0.05) is 19.0 Å². The maximum Gasteiger partial charge on any atom is 0.191 e. The molecule has 0 saturated carbocycles. The van der Waals surface area contributed by atoms with Gasteiger partial charge in [0.15, 0.2) is 5.96 Å². The van der Waals surface area contributed by atoms with Crippen LogP contribution in [0.2, 0.25) is 0 Å². The molecule has 0 aliphatic carbocycles. The second-order valence-corrected chi connectivity index (χ2v) is 6.09. The third kappa shape index (κ3) is 5.61. The average molecular weight is 449 g/mol. The van der Waals surface area contributed by atoms with E-state index >= 15 is 0 Å². The van der Waals surface area contributed by atoms with Crippen LogP contribution in [0.1, 0.15) is 50.6 Å². The van der Waals surface area contributed by atoms with Gasteiger partial charge in [0, 0.05) is 31.1 Å². The number of nitrogens with one attached hydrogen (secondary N) is 2. The van der Waals surface area contributed by atoms with Gasteiger partial charge in [0.2, 0.25) is 0 Å². The standard InChI is InChI=1S/C17H31N5O.HI/c1-5-15-14(16(6-2)23-21-15)12-20-17(18-7-3)19-11-13-9-8-10-22(13)4;/h13H,5-12H2,1-4H3,(H2,18,19,20);1H. The first-order chi connectivity index (χ1) is 11.2. The van der Waals surface area contributed by atoms with Crippen molar-refractivity contribution in [3.63, 3.8) is 0 Å². The van der Waals surface area contributed by atoms with Gasteiger partial charge in [-0.3, -0.25) is 0 Å². The van der Waals surface area contributed by atoms with Crippen LogP contribution in [0.5, 0.6) is 0 Å². The molecule has 2 heterocycles. The molecule has 1 fully saturated rings. The van der Waals surface area contributed by atoms with Gasteiger partial charge in [-0.2, -0.15) is 0 Å². The summed E-state index contributed by atoms with van der Waals surface area (Å²) in [6.07, 6.45) is 4.28. The lowest BCUT2D eigenvalue weighted by molar-refractivity contribution is 0.309. The second-order valence-electron chi connectivity index (χ2n) is 6.09. The van der Waals surface area contributed by atoms with Gasteiger partial charge in [0.25, 0.3) is 0 Å². The molecular weight excluding hydrogens is 417 g/mol. The van der Waals surface area contributed by atoms with E-state index in [0.29, 0.717) is 12.6 Å². The number of rotatable bonds is 7. The molecule has 1 aliphatic rings. The number of likely N-dealkylation sites (tertiary alicyclic amines) is 1. The molecule has 2 N–H and O–H groups in total. The molecule has 2 rings (SSSR count). The molecule has 1 saturated heterocycles. The summed E-state index contributed by atoms with van der Waals surface area (Å²) in [7, 11) is 2.20. The lowest BCUT2D eigenvalue weighted by Gasteiger charge is -2.21. The van der Waals surface area contributed by atoms with Gasteiger partial charge in [-0.05, 0) is 39.8 Å². The molecule has 0 amide bonds. The number of likely N-dealkylation sites (N-methyl/N-ethyl adjacent to an activating group) is 1. The van der Waals surface area contributed by atoms with Gasteiger partial charge in [-0.15, -0.1) is 24.0 Å². The van der Waals surface area contributed by atoms with Crippen LogP contribution in [0.25, 0.3) is 0 Å². The zero-order valence-electron chi connectivity index (χ0n) is 15.4. The minimum Gasteiger partial charge on any atom is -0.361 e. The number of hydrogen-bond acceptors (Lipinski definition) is 4. The van der Waals surface area contributed by atoms with Gasteiger partial charge < -0.3 is 20.1 Å². The first-order valence-corrected chi connectivity index (χ1v) is 8.88. The van der Waals surface area contributed by atoms with Crippen LogP contribution in [0, 0.1) is 0 Å². The summed E-state index contributed by atoms with van der Waals surface area (Å²) in [6, 6.07) is 0.604. The molecular formula is C17H32IN5O. The third-order valence-corrected chi connectivity index (χ3v) is 4.52. The van der Waals surface area contributed by atoms with Crippen molar-refractivity contribution in [3.8, 4) is 0 Å². The first-order valence-electron chi connectivity index (χ1n) is 8.88. The SMILES string of the molecule is CCNC(=NCc1c(CC)noc1CC)NCC1CCCN1C.I. The van der Waals surface area contributed by atoms with Crippen LogP contribution in [0.4, 0.5) is 0 Å². The molecule has 6 nitrogen and oxygen atoms in total. The van der Waals surface area contributed by atoms with E-state index in [4.69, 9.17) is 9.52 Å². The van der Waals surface area contributed by atoms with Gasteiger partial charge in [0.05, 0.1) is 12.2 Å². The summed E-state index contributed by atoms with van der Waals surface area (Å²) >= 11 is 0. The normalized spacial score (nSPS) is 18.5. The average Bonchev–Trinajstić information content (AvgIpc) is 3.15. The van der Waals surface area contributed by atoms with Crippen LogP contribution in [0.3, 0.4) is 0 Å². The van der Waals surface area contributed by atoms with Crippen LogP contribution in [0.15, 0.2) is 9.52 Å². The predicted molar refractivity (Wildman–Crippen MR) is 109 cm³/mol. The monoisotopic (exact) mass is 449 g/mol. The van der Waals surface area contributed by atoms with Gasteiger partial charge >= 0.3 is 0 Å². The lowest BCUT2D eigenvalue weighted by atomic mass is 10.1. The summed E-state index contributed by atoms with van der Waals surface area (Å²) in [4.78, 5) is 7.15. The maximum atomic E-state index is 5.42. The Morgan fingerprint density at radius 1 is 1.29 bits per heavy atom. The number of halogens is 1. The fourth-order valence-corrected chi connectivity index (χ4v) is 3.07. The number of aryl methyl sites for hydroxylation is 2. The highest BCUT2D eigenvalue weighted by Crippen LogP contribution is 2.17. The van der Waals surface area contributed by atoms with E-state index in [2.05, 4.69) is 48.5 Å². The number of hydrogen-bond donors (Lipinski definition) is 2. The minimum atomic E-state index is 0. The highest BCUT2D eigenvalue weighted by atomic mass is 127. The number of aliphatic imine (C=N–C) groups is 1. The first kappa shape index (κ1) is 21.2. The molecule has 1 aromatic rings. The fourth-order valence-electron chi connectivity index (χ4n) is 3.07. The zero-order chi connectivity index (χ0) is 16.7. The molecule has 0 spiro atoms. The second kappa shape index (κ2) is 10.9. The Labute approximate surface area is 162 Å². The van der Waals surface area contributed by atoms with Crippen molar-refractivity contribution in [2.75, 3.05) is 26.7 Å². The van der Waals surface area contributed by atoms with E-state index in [0.717, 1.165) is 48.9 Å². The van der Waals surface area contributed by atoms with Crippen LogP contribution >= 0.6 is 24.0 Å². The van der Waals surface area contributed by atoms with Crippen LogP contribution in [-0.4, -0.2) is 48.7 Å². The molecule has 0 bridgehead atoms. The highest BCUT2D eigenvalue weighted by molar-refractivity contribution is 14.0. The third-order valence-electron chi connectivity index (χ3n) is 4.52. The molecule has 1 aromatic heterocycles. The quantitative estimate of drug-likeness (QED) is 0.381. The van der Waals surface area contributed by atoms with Crippen molar-refractivity contribution in [1.82, 2.24) is 20.7 Å². The molecule has 0 aromatic carbocycles. The van der Waals surface area contributed by atoms with Gasteiger partial charge in [-0.25, -0.2) is 4.99 Å². The molecule has 24 heavy (non-hydrogen) atoms. The highest BCUT2D eigenvalue weighted by Gasteiger charge is 2.20. The Kier molecular flexibility index (Phi) is 9.65.